The van der Waals surface area contributed by atoms with Gasteiger partial charge in [0.2, 0.25) is 0 Å². The number of nitrogens with zero attached hydrogens (tertiary/aromatic N) is 1. The second-order valence-electron chi connectivity index (χ2n) is 4.38. The van der Waals surface area contributed by atoms with Crippen LogP contribution in [0.2, 0.25) is 0 Å². The molecule has 1 N–H and O–H groups in total. The average Bonchev–Trinajstić information content (AvgIpc) is 2.34. The summed E-state index contributed by atoms with van der Waals surface area (Å²) in [5.41, 5.74) is 1.33. The number of nitrogens with one attached hydrogen (secondary N) is 1. The molecule has 0 radical (unpaired) electrons. The third-order valence-electron chi connectivity index (χ3n) is 2.81. The third-order valence-corrected chi connectivity index (χ3v) is 3.39. The van der Waals surface area contributed by atoms with Crippen LogP contribution in [0.25, 0.3) is 10.9 Å². The van der Waals surface area contributed by atoms with Gasteiger partial charge in [-0.3, -0.25) is 0 Å². The highest BCUT2D eigenvalue weighted by Crippen LogP contribution is 2.33. The van der Waals surface area contributed by atoms with Crippen LogP contribution in [0.3, 0.4) is 0 Å². The summed E-state index contributed by atoms with van der Waals surface area (Å²) in [6.45, 7) is 3.92. The maximum atomic E-state index is 14.1. The molecule has 18 heavy (non-hydrogen) atoms. The Hall–Kier alpha value is -1.23. The molecule has 0 aliphatic rings. The molecule has 2 nitrogen and oxygen atoms in total. The molecule has 0 fully saturated rings. The Labute approximate surface area is 113 Å². The molecule has 0 aliphatic heterocycles. The van der Waals surface area contributed by atoms with Gasteiger partial charge in [0.25, 0.3) is 0 Å². The van der Waals surface area contributed by atoms with Gasteiger partial charge in [-0.25, -0.2) is 13.8 Å². The van der Waals surface area contributed by atoms with Gasteiger partial charge >= 0.3 is 0 Å². The lowest BCUT2D eigenvalue weighted by atomic mass is 10.1. The van der Waals surface area contributed by atoms with Gasteiger partial charge in [0, 0.05) is 18.4 Å². The van der Waals surface area contributed by atoms with Crippen LogP contribution in [0, 0.1) is 11.6 Å². The van der Waals surface area contributed by atoms with E-state index in [9.17, 15) is 8.78 Å². The normalized spacial score (nSPS) is 11.3. The minimum Gasteiger partial charge on any atom is -0.387 e. The van der Waals surface area contributed by atoms with E-state index in [1.54, 1.807) is 13.1 Å². The molecule has 5 heteroatoms. The zero-order chi connectivity index (χ0) is 13.4. The Morgan fingerprint density at radius 3 is 2.50 bits per heavy atom. The van der Waals surface area contributed by atoms with Crippen LogP contribution in [-0.2, 0) is 0 Å². The summed E-state index contributed by atoms with van der Waals surface area (Å²) in [7, 11) is 1.68. The Balaban J connectivity index is 2.91. The van der Waals surface area contributed by atoms with Crippen LogP contribution in [0.4, 0.5) is 14.5 Å². The molecule has 0 saturated heterocycles. The van der Waals surface area contributed by atoms with Gasteiger partial charge in [-0.2, -0.15) is 0 Å². The lowest BCUT2D eigenvalue weighted by Crippen LogP contribution is -2.01. The van der Waals surface area contributed by atoms with E-state index in [0.717, 1.165) is 11.8 Å². The van der Waals surface area contributed by atoms with E-state index in [1.165, 1.54) is 0 Å². The van der Waals surface area contributed by atoms with Crippen molar-refractivity contribution in [1.29, 1.82) is 0 Å². The Bertz CT molecular complexity index is 612. The highest BCUT2D eigenvalue weighted by atomic mass is 79.9. The fourth-order valence-electron chi connectivity index (χ4n) is 1.82. The van der Waals surface area contributed by atoms with Crippen LogP contribution < -0.4 is 5.32 Å². The molecule has 0 bridgehead atoms. The summed E-state index contributed by atoms with van der Waals surface area (Å²) >= 11 is 3.01. The van der Waals surface area contributed by atoms with E-state index in [0.29, 0.717) is 5.69 Å². The standard InChI is InChI=1S/C13H13BrF2N2/c1-6(2)9-5-10(17-3)11-12(16)7(14)4-8(15)13(11)18-9/h4-6H,1-3H3,(H,17,18). The van der Waals surface area contributed by atoms with Gasteiger partial charge < -0.3 is 5.32 Å². The molecule has 1 aromatic heterocycles. The Morgan fingerprint density at radius 1 is 1.28 bits per heavy atom. The second kappa shape index (κ2) is 4.80. The van der Waals surface area contributed by atoms with Crippen molar-refractivity contribution in [2.45, 2.75) is 19.8 Å². The van der Waals surface area contributed by atoms with E-state index in [-0.39, 0.29) is 21.3 Å². The number of halogens is 3. The number of anilines is 1. The van der Waals surface area contributed by atoms with Gasteiger partial charge in [-0.05, 0) is 34.0 Å². The van der Waals surface area contributed by atoms with Crippen molar-refractivity contribution in [3.05, 3.63) is 33.9 Å². The summed E-state index contributed by atoms with van der Waals surface area (Å²) < 4.78 is 28.1. The first kappa shape index (κ1) is 13.2. The lowest BCUT2D eigenvalue weighted by Gasteiger charge is -2.13. The average molecular weight is 315 g/mol. The fourth-order valence-corrected chi connectivity index (χ4v) is 2.21. The van der Waals surface area contributed by atoms with E-state index in [1.807, 2.05) is 13.8 Å². The lowest BCUT2D eigenvalue weighted by molar-refractivity contribution is 0.609. The van der Waals surface area contributed by atoms with E-state index in [2.05, 4.69) is 26.2 Å². The molecular formula is C13H13BrF2N2. The maximum Gasteiger partial charge on any atom is 0.150 e. The first-order chi connectivity index (χ1) is 8.45. The van der Waals surface area contributed by atoms with Crippen molar-refractivity contribution in [3.8, 4) is 0 Å². The van der Waals surface area contributed by atoms with Gasteiger partial charge in [0.1, 0.15) is 11.3 Å². The van der Waals surface area contributed by atoms with Crippen molar-refractivity contribution in [1.82, 2.24) is 4.98 Å². The summed E-state index contributed by atoms with van der Waals surface area (Å²) in [5, 5.41) is 3.07. The molecule has 0 unspecified atom stereocenters. The largest absolute Gasteiger partial charge is 0.387 e. The van der Waals surface area contributed by atoms with Crippen molar-refractivity contribution in [2.24, 2.45) is 0 Å². The Kier molecular flexibility index (Phi) is 3.52. The fraction of sp³-hybridized carbons (Fsp3) is 0.308. The maximum absolute atomic E-state index is 14.1. The summed E-state index contributed by atoms with van der Waals surface area (Å²) in [6.07, 6.45) is 0. The van der Waals surface area contributed by atoms with Gasteiger partial charge in [-0.15, -0.1) is 0 Å². The summed E-state index contributed by atoms with van der Waals surface area (Å²) in [4.78, 5) is 4.21. The minimum absolute atomic E-state index is 0.0613. The Morgan fingerprint density at radius 2 is 1.94 bits per heavy atom. The second-order valence-corrected chi connectivity index (χ2v) is 5.23. The van der Waals surface area contributed by atoms with Crippen molar-refractivity contribution in [2.75, 3.05) is 12.4 Å². The van der Waals surface area contributed by atoms with Crippen LogP contribution in [0.1, 0.15) is 25.5 Å². The molecule has 2 aromatic rings. The smallest absolute Gasteiger partial charge is 0.150 e. The number of pyridine rings is 1. The number of hydrogen-bond acceptors (Lipinski definition) is 2. The minimum atomic E-state index is -0.530. The van der Waals surface area contributed by atoms with Gasteiger partial charge in [0.15, 0.2) is 5.82 Å². The number of aromatic nitrogens is 1. The molecule has 0 aliphatic carbocycles. The van der Waals surface area contributed by atoms with E-state index < -0.39 is 11.6 Å². The number of rotatable bonds is 2. The van der Waals surface area contributed by atoms with Gasteiger partial charge in [0.05, 0.1) is 9.86 Å². The van der Waals surface area contributed by atoms with Gasteiger partial charge in [-0.1, -0.05) is 13.8 Å². The van der Waals surface area contributed by atoms with Crippen LogP contribution in [0.15, 0.2) is 16.6 Å². The highest BCUT2D eigenvalue weighted by molar-refractivity contribution is 9.10. The van der Waals surface area contributed by atoms with Crippen molar-refractivity contribution in [3.63, 3.8) is 0 Å². The molecule has 96 valence electrons. The molecule has 2 rings (SSSR count). The summed E-state index contributed by atoms with van der Waals surface area (Å²) in [5.74, 6) is -0.886. The molecular weight excluding hydrogens is 302 g/mol. The molecule has 0 amide bonds. The highest BCUT2D eigenvalue weighted by Gasteiger charge is 2.17. The number of fused-ring (bicyclic) bond motifs is 1. The third kappa shape index (κ3) is 2.07. The summed E-state index contributed by atoms with van der Waals surface area (Å²) in [6, 6.07) is 2.86. The number of hydrogen-bond donors (Lipinski definition) is 1. The molecule has 0 spiro atoms. The predicted molar refractivity (Wildman–Crippen MR) is 73.0 cm³/mol. The van der Waals surface area contributed by atoms with Crippen LogP contribution in [0.5, 0.6) is 0 Å². The number of benzene rings is 1. The predicted octanol–water partition coefficient (Wildman–Crippen LogP) is 4.44. The first-order valence-corrected chi connectivity index (χ1v) is 6.41. The zero-order valence-electron chi connectivity index (χ0n) is 10.3. The molecule has 1 aromatic carbocycles. The molecule has 1 heterocycles. The van der Waals surface area contributed by atoms with Crippen molar-refractivity contribution >= 4 is 32.5 Å². The first-order valence-electron chi connectivity index (χ1n) is 5.61. The quantitative estimate of drug-likeness (QED) is 0.829. The van der Waals surface area contributed by atoms with Crippen LogP contribution in [-0.4, -0.2) is 12.0 Å². The topological polar surface area (TPSA) is 24.9 Å². The SMILES string of the molecule is CNc1cc(C(C)C)nc2c(F)cc(Br)c(F)c12. The molecule has 0 saturated carbocycles. The molecule has 0 atom stereocenters. The van der Waals surface area contributed by atoms with Crippen LogP contribution >= 0.6 is 15.9 Å². The van der Waals surface area contributed by atoms with E-state index >= 15 is 0 Å². The van der Waals surface area contributed by atoms with Crippen molar-refractivity contribution < 1.29 is 8.78 Å². The zero-order valence-corrected chi connectivity index (χ0v) is 11.9. The van der Waals surface area contributed by atoms with E-state index in [4.69, 9.17) is 0 Å². The monoisotopic (exact) mass is 314 g/mol.